The first-order valence-corrected chi connectivity index (χ1v) is 16.3. The lowest BCUT2D eigenvalue weighted by Crippen LogP contribution is -2.32. The number of imidazole rings is 1. The van der Waals surface area contributed by atoms with E-state index in [-0.39, 0.29) is 17.7 Å². The molecule has 5 rings (SSSR count). The van der Waals surface area contributed by atoms with Crippen LogP contribution in [-0.2, 0) is 14.8 Å². The number of carbonyl (C=O) groups excluding carboxylic acids is 1. The van der Waals surface area contributed by atoms with Gasteiger partial charge in [0, 0.05) is 53.7 Å². The van der Waals surface area contributed by atoms with E-state index in [0.29, 0.717) is 31.1 Å². The van der Waals surface area contributed by atoms with Crippen molar-refractivity contribution in [3.05, 3.63) is 51.9 Å². The molecule has 42 heavy (non-hydrogen) atoms. The third kappa shape index (κ3) is 5.96. The molecular weight excluding hydrogens is 620 g/mol. The van der Waals surface area contributed by atoms with Gasteiger partial charge in [-0.3, -0.25) is 4.79 Å². The first kappa shape index (κ1) is 30.2. The fourth-order valence-electron chi connectivity index (χ4n) is 5.53. The number of rotatable bonds is 9. The normalized spacial score (nSPS) is 16.0. The highest BCUT2D eigenvalue weighted by Crippen LogP contribution is 2.35. The lowest BCUT2D eigenvalue weighted by molar-refractivity contribution is -0.116. The lowest BCUT2D eigenvalue weighted by Gasteiger charge is -2.17. The molecule has 3 N–H and O–H groups in total. The summed E-state index contributed by atoms with van der Waals surface area (Å²) in [4.78, 5) is 26.9. The molecular formula is C29H37BrN8O3S. The number of hydrogen-bond donors (Lipinski definition) is 3. The number of amides is 1. The molecule has 3 aromatic heterocycles. The van der Waals surface area contributed by atoms with E-state index in [1.807, 2.05) is 44.1 Å². The number of pyridine rings is 1. The van der Waals surface area contributed by atoms with Gasteiger partial charge in [0.15, 0.2) is 5.65 Å². The number of aryl methyl sites for hydroxylation is 2. The quantitative estimate of drug-likeness (QED) is 0.243. The van der Waals surface area contributed by atoms with Crippen LogP contribution in [0.2, 0.25) is 0 Å². The van der Waals surface area contributed by atoms with Crippen molar-refractivity contribution in [1.82, 2.24) is 28.7 Å². The summed E-state index contributed by atoms with van der Waals surface area (Å²) in [6, 6.07) is 8.01. The van der Waals surface area contributed by atoms with Crippen LogP contribution in [0.15, 0.2) is 34.9 Å². The molecule has 1 atom stereocenters. The number of anilines is 2. The molecule has 13 heteroatoms. The van der Waals surface area contributed by atoms with Crippen LogP contribution in [0.3, 0.4) is 0 Å². The fraction of sp³-hybridized carbons (Fsp3) is 0.414. The van der Waals surface area contributed by atoms with E-state index in [1.165, 1.54) is 0 Å². The predicted molar refractivity (Wildman–Crippen MR) is 171 cm³/mol. The molecule has 0 radical (unpaired) electrons. The van der Waals surface area contributed by atoms with Crippen LogP contribution in [0.1, 0.15) is 30.3 Å². The molecule has 4 heterocycles. The Hall–Kier alpha value is -3.26. The maximum Gasteiger partial charge on any atom is 0.238 e. The van der Waals surface area contributed by atoms with Crippen molar-refractivity contribution >= 4 is 54.4 Å². The molecule has 1 aromatic carbocycles. The highest BCUT2D eigenvalue weighted by molar-refractivity contribution is 9.10. The van der Waals surface area contributed by atoms with Crippen molar-refractivity contribution in [3.63, 3.8) is 0 Å². The SMILES string of the molecule is CCS(=O)(=O)N1CCC(Nc2c(Br)cnc3nc(-c4cc(C)n(-c5ccc(NC(=O)CN(C)C)cc5C)c4C)[nH]c23)C1. The van der Waals surface area contributed by atoms with Gasteiger partial charge in [0.05, 0.1) is 22.5 Å². The minimum absolute atomic E-state index is 0.0244. The summed E-state index contributed by atoms with van der Waals surface area (Å²) >= 11 is 3.62. The van der Waals surface area contributed by atoms with Crippen molar-refractivity contribution in [1.29, 1.82) is 0 Å². The average Bonchev–Trinajstić information content (AvgIpc) is 3.64. The van der Waals surface area contributed by atoms with Gasteiger partial charge in [0.2, 0.25) is 15.9 Å². The average molecular weight is 658 g/mol. The number of halogens is 1. The molecule has 0 bridgehead atoms. The predicted octanol–water partition coefficient (Wildman–Crippen LogP) is 4.44. The van der Waals surface area contributed by atoms with E-state index >= 15 is 0 Å². The van der Waals surface area contributed by atoms with Crippen LogP contribution in [0.4, 0.5) is 11.4 Å². The standard InChI is InChI=1S/C29H37BrN8O3S/c1-7-42(40,41)37-11-10-21(15-37)33-26-23(30)14-31-29-27(26)34-28(35-29)22-13-18(3)38(19(22)4)24-9-8-20(12-17(24)2)32-25(39)16-36(5)6/h8-9,12-14,21H,7,10-11,15-16H2,1-6H3,(H,32,39)(H2,31,33,34,35). The first-order chi connectivity index (χ1) is 19.9. The van der Waals surface area contributed by atoms with Crippen molar-refractivity contribution in [3.8, 4) is 17.1 Å². The lowest BCUT2D eigenvalue weighted by atomic mass is 10.1. The zero-order chi connectivity index (χ0) is 30.3. The van der Waals surface area contributed by atoms with Crippen molar-refractivity contribution in [2.24, 2.45) is 0 Å². The van der Waals surface area contributed by atoms with E-state index in [1.54, 1.807) is 17.4 Å². The van der Waals surface area contributed by atoms with Gasteiger partial charge < -0.3 is 25.1 Å². The van der Waals surface area contributed by atoms with Gasteiger partial charge in [0.1, 0.15) is 11.3 Å². The summed E-state index contributed by atoms with van der Waals surface area (Å²) in [5, 5.41) is 6.50. The van der Waals surface area contributed by atoms with Crippen LogP contribution in [0, 0.1) is 20.8 Å². The van der Waals surface area contributed by atoms with E-state index in [9.17, 15) is 13.2 Å². The summed E-state index contributed by atoms with van der Waals surface area (Å²) in [7, 11) is 0.501. The molecule has 4 aromatic rings. The number of hydrogen-bond acceptors (Lipinski definition) is 7. The summed E-state index contributed by atoms with van der Waals surface area (Å²) in [6.45, 7) is 9.07. The third-order valence-electron chi connectivity index (χ3n) is 7.60. The summed E-state index contributed by atoms with van der Waals surface area (Å²) < 4.78 is 29.2. The second-order valence-electron chi connectivity index (χ2n) is 11.1. The number of benzene rings is 1. The monoisotopic (exact) mass is 656 g/mol. The number of aromatic amines is 1. The Morgan fingerprint density at radius 1 is 1.21 bits per heavy atom. The molecule has 0 aliphatic carbocycles. The third-order valence-corrected chi connectivity index (χ3v) is 10.0. The van der Waals surface area contributed by atoms with E-state index in [0.717, 1.165) is 56.0 Å². The van der Waals surface area contributed by atoms with Gasteiger partial charge in [-0.1, -0.05) is 0 Å². The van der Waals surface area contributed by atoms with Gasteiger partial charge in [0.25, 0.3) is 0 Å². The zero-order valence-corrected chi connectivity index (χ0v) is 27.1. The number of nitrogens with zero attached hydrogens (tertiary/aromatic N) is 5. The zero-order valence-electron chi connectivity index (χ0n) is 24.7. The maximum absolute atomic E-state index is 12.4. The molecule has 11 nitrogen and oxygen atoms in total. The number of likely N-dealkylation sites (N-methyl/N-ethyl adjacent to an activating group) is 1. The Kier molecular flexibility index (Phi) is 8.48. The Morgan fingerprint density at radius 3 is 2.67 bits per heavy atom. The van der Waals surface area contributed by atoms with Crippen molar-refractivity contribution in [2.75, 3.05) is 50.1 Å². The van der Waals surface area contributed by atoms with Crippen LogP contribution < -0.4 is 10.6 Å². The number of fused-ring (bicyclic) bond motifs is 1. The minimum Gasteiger partial charge on any atom is -0.378 e. The maximum atomic E-state index is 12.4. The molecule has 224 valence electrons. The topological polar surface area (TPSA) is 128 Å². The fourth-order valence-corrected chi connectivity index (χ4v) is 7.10. The summed E-state index contributed by atoms with van der Waals surface area (Å²) in [5.41, 5.74) is 7.98. The van der Waals surface area contributed by atoms with Gasteiger partial charge in [-0.2, -0.15) is 4.31 Å². The van der Waals surface area contributed by atoms with E-state index in [4.69, 9.17) is 4.98 Å². The Labute approximate surface area is 254 Å². The molecule has 1 saturated heterocycles. The summed E-state index contributed by atoms with van der Waals surface area (Å²) in [5.74, 6) is 0.741. The molecule has 0 saturated carbocycles. The van der Waals surface area contributed by atoms with Gasteiger partial charge in [-0.25, -0.2) is 18.4 Å². The smallest absolute Gasteiger partial charge is 0.238 e. The van der Waals surface area contributed by atoms with Crippen molar-refractivity contribution < 1.29 is 13.2 Å². The van der Waals surface area contributed by atoms with Crippen LogP contribution in [0.5, 0.6) is 0 Å². The molecule has 1 amide bonds. The number of aromatic nitrogens is 4. The van der Waals surface area contributed by atoms with Crippen LogP contribution >= 0.6 is 15.9 Å². The highest BCUT2D eigenvalue weighted by atomic mass is 79.9. The van der Waals surface area contributed by atoms with E-state index in [2.05, 4.69) is 61.0 Å². The first-order valence-electron chi connectivity index (χ1n) is 13.9. The van der Waals surface area contributed by atoms with Crippen molar-refractivity contribution in [2.45, 2.75) is 40.2 Å². The number of H-pyrrole nitrogens is 1. The largest absolute Gasteiger partial charge is 0.378 e. The van der Waals surface area contributed by atoms with Crippen LogP contribution in [0.25, 0.3) is 28.2 Å². The van der Waals surface area contributed by atoms with E-state index < -0.39 is 10.0 Å². The number of sulfonamides is 1. The Balaban J connectivity index is 1.44. The van der Waals surface area contributed by atoms with Gasteiger partial charge in [-0.15, -0.1) is 0 Å². The molecule has 1 unspecified atom stereocenters. The Morgan fingerprint density at radius 2 is 1.98 bits per heavy atom. The molecule has 1 aliphatic rings. The second-order valence-corrected chi connectivity index (χ2v) is 14.2. The number of carbonyl (C=O) groups is 1. The van der Waals surface area contributed by atoms with Gasteiger partial charge in [-0.05, 0) is 94.0 Å². The minimum atomic E-state index is -3.23. The highest BCUT2D eigenvalue weighted by Gasteiger charge is 2.31. The molecule has 1 aliphatic heterocycles. The number of nitrogens with one attached hydrogen (secondary N) is 3. The second kappa shape index (κ2) is 11.8. The summed E-state index contributed by atoms with van der Waals surface area (Å²) in [6.07, 6.45) is 2.44. The Bertz CT molecular complexity index is 1760. The van der Waals surface area contributed by atoms with Gasteiger partial charge >= 0.3 is 0 Å². The molecule has 1 fully saturated rings. The van der Waals surface area contributed by atoms with Crippen LogP contribution in [-0.4, -0.2) is 88.6 Å². The molecule has 0 spiro atoms.